The van der Waals surface area contributed by atoms with Crippen LogP contribution >= 0.6 is 34.8 Å². The lowest BCUT2D eigenvalue weighted by Crippen LogP contribution is -2.46. The minimum absolute atomic E-state index is 0.283. The maximum atomic E-state index is 6.32. The SMILES string of the molecule is Clc1cc(Cl)c(N2CCNC(c3ccccc3)C2)cc1Cl. The van der Waals surface area contributed by atoms with Gasteiger partial charge in [-0.15, -0.1) is 0 Å². The summed E-state index contributed by atoms with van der Waals surface area (Å²) in [6.07, 6.45) is 0. The fourth-order valence-electron chi connectivity index (χ4n) is 2.63. The van der Waals surface area contributed by atoms with Crippen LogP contribution in [0.5, 0.6) is 0 Å². The highest BCUT2D eigenvalue weighted by atomic mass is 35.5. The Kier molecular flexibility index (Phi) is 4.60. The summed E-state index contributed by atoms with van der Waals surface area (Å²) in [6, 6.07) is 14.3. The Morgan fingerprint density at radius 3 is 2.43 bits per heavy atom. The predicted octanol–water partition coefficient (Wildman–Crippen LogP) is 4.80. The van der Waals surface area contributed by atoms with Crippen molar-refractivity contribution in [3.63, 3.8) is 0 Å². The lowest BCUT2D eigenvalue weighted by atomic mass is 10.0. The van der Waals surface area contributed by atoms with Crippen LogP contribution in [0.15, 0.2) is 42.5 Å². The fourth-order valence-corrected chi connectivity index (χ4v) is 3.29. The molecular formula is C16H15Cl3N2. The molecule has 2 aromatic carbocycles. The number of hydrogen-bond acceptors (Lipinski definition) is 2. The molecule has 1 fully saturated rings. The Morgan fingerprint density at radius 2 is 1.67 bits per heavy atom. The average molecular weight is 342 g/mol. The zero-order valence-corrected chi connectivity index (χ0v) is 13.6. The van der Waals surface area contributed by atoms with Gasteiger partial charge in [0.2, 0.25) is 0 Å². The molecular weight excluding hydrogens is 327 g/mol. The molecule has 0 amide bonds. The number of piperazine rings is 1. The summed E-state index contributed by atoms with van der Waals surface area (Å²) in [5.41, 5.74) is 2.21. The third-order valence-electron chi connectivity index (χ3n) is 3.71. The predicted molar refractivity (Wildman–Crippen MR) is 90.9 cm³/mol. The van der Waals surface area contributed by atoms with Gasteiger partial charge in [-0.3, -0.25) is 0 Å². The van der Waals surface area contributed by atoms with Crippen LogP contribution < -0.4 is 10.2 Å². The molecule has 3 rings (SSSR count). The van der Waals surface area contributed by atoms with E-state index in [4.69, 9.17) is 34.8 Å². The van der Waals surface area contributed by atoms with Gasteiger partial charge in [0.05, 0.1) is 20.8 Å². The highest BCUT2D eigenvalue weighted by Crippen LogP contribution is 2.35. The molecule has 0 bridgehead atoms. The Bertz CT molecular complexity index is 631. The summed E-state index contributed by atoms with van der Waals surface area (Å²) < 4.78 is 0. The quantitative estimate of drug-likeness (QED) is 0.789. The summed E-state index contributed by atoms with van der Waals surface area (Å²) in [5.74, 6) is 0. The lowest BCUT2D eigenvalue weighted by molar-refractivity contribution is 0.472. The van der Waals surface area contributed by atoms with Crippen molar-refractivity contribution in [3.8, 4) is 0 Å². The van der Waals surface area contributed by atoms with Crippen LogP contribution in [-0.4, -0.2) is 19.6 Å². The van der Waals surface area contributed by atoms with Gasteiger partial charge in [0.15, 0.2) is 0 Å². The highest BCUT2D eigenvalue weighted by Gasteiger charge is 2.22. The zero-order chi connectivity index (χ0) is 14.8. The third-order valence-corrected chi connectivity index (χ3v) is 4.73. The van der Waals surface area contributed by atoms with E-state index in [1.54, 1.807) is 6.07 Å². The summed E-state index contributed by atoms with van der Waals surface area (Å²) in [4.78, 5) is 2.25. The van der Waals surface area contributed by atoms with E-state index in [-0.39, 0.29) is 6.04 Å². The molecule has 0 aromatic heterocycles. The van der Waals surface area contributed by atoms with Crippen LogP contribution in [0.25, 0.3) is 0 Å². The van der Waals surface area contributed by atoms with Crippen molar-refractivity contribution >= 4 is 40.5 Å². The molecule has 1 unspecified atom stereocenters. The normalized spacial score (nSPS) is 18.8. The Morgan fingerprint density at radius 1 is 0.952 bits per heavy atom. The topological polar surface area (TPSA) is 15.3 Å². The highest BCUT2D eigenvalue weighted by molar-refractivity contribution is 6.44. The molecule has 2 nitrogen and oxygen atoms in total. The number of halogens is 3. The molecule has 1 N–H and O–H groups in total. The van der Waals surface area contributed by atoms with Crippen LogP contribution in [0.4, 0.5) is 5.69 Å². The fraction of sp³-hybridized carbons (Fsp3) is 0.250. The molecule has 21 heavy (non-hydrogen) atoms. The first-order valence-corrected chi connectivity index (χ1v) is 7.96. The minimum atomic E-state index is 0.283. The maximum Gasteiger partial charge on any atom is 0.0655 e. The first-order valence-electron chi connectivity index (χ1n) is 6.83. The van der Waals surface area contributed by atoms with Gasteiger partial charge in [-0.1, -0.05) is 65.1 Å². The smallest absolute Gasteiger partial charge is 0.0655 e. The largest absolute Gasteiger partial charge is 0.367 e. The van der Waals surface area contributed by atoms with Gasteiger partial charge >= 0.3 is 0 Å². The molecule has 110 valence electrons. The van der Waals surface area contributed by atoms with Crippen molar-refractivity contribution in [2.45, 2.75) is 6.04 Å². The van der Waals surface area contributed by atoms with Crippen LogP contribution in [0.3, 0.4) is 0 Å². The Balaban J connectivity index is 1.85. The molecule has 1 atom stereocenters. The minimum Gasteiger partial charge on any atom is -0.367 e. The zero-order valence-electron chi connectivity index (χ0n) is 11.3. The third kappa shape index (κ3) is 3.29. The molecule has 2 aromatic rings. The molecule has 1 saturated heterocycles. The lowest BCUT2D eigenvalue weighted by Gasteiger charge is -2.36. The maximum absolute atomic E-state index is 6.32. The van der Waals surface area contributed by atoms with Gasteiger partial charge in [-0.25, -0.2) is 0 Å². The second-order valence-corrected chi connectivity index (χ2v) is 6.30. The van der Waals surface area contributed by atoms with Gasteiger partial charge in [0, 0.05) is 25.7 Å². The van der Waals surface area contributed by atoms with Crippen LogP contribution in [0.2, 0.25) is 15.1 Å². The second-order valence-electron chi connectivity index (χ2n) is 5.08. The number of hydrogen-bond donors (Lipinski definition) is 1. The summed E-state index contributed by atoms with van der Waals surface area (Å²) in [5, 5.41) is 5.19. The van der Waals surface area contributed by atoms with E-state index in [2.05, 4.69) is 34.5 Å². The van der Waals surface area contributed by atoms with Crippen molar-refractivity contribution in [1.82, 2.24) is 5.32 Å². The summed E-state index contributed by atoms with van der Waals surface area (Å²) in [7, 11) is 0. The number of anilines is 1. The molecule has 1 aliphatic heterocycles. The van der Waals surface area contributed by atoms with Crippen molar-refractivity contribution in [3.05, 3.63) is 63.1 Å². The van der Waals surface area contributed by atoms with Gasteiger partial charge in [0.1, 0.15) is 0 Å². The second kappa shape index (κ2) is 6.45. The molecule has 5 heteroatoms. The first kappa shape index (κ1) is 15.0. The first-order chi connectivity index (χ1) is 10.1. The van der Waals surface area contributed by atoms with Crippen molar-refractivity contribution < 1.29 is 0 Å². The number of benzene rings is 2. The van der Waals surface area contributed by atoms with E-state index >= 15 is 0 Å². The van der Waals surface area contributed by atoms with Crippen molar-refractivity contribution in [2.24, 2.45) is 0 Å². The van der Waals surface area contributed by atoms with Gasteiger partial charge in [0.25, 0.3) is 0 Å². The van der Waals surface area contributed by atoms with Crippen molar-refractivity contribution in [1.29, 1.82) is 0 Å². The number of rotatable bonds is 2. The van der Waals surface area contributed by atoms with Crippen molar-refractivity contribution in [2.75, 3.05) is 24.5 Å². The standard InChI is InChI=1S/C16H15Cl3N2/c17-12-8-14(19)16(9-13(12)18)21-7-6-20-15(10-21)11-4-2-1-3-5-11/h1-5,8-9,15,20H,6-7,10H2. The Hall–Kier alpha value is -0.930. The summed E-state index contributed by atoms with van der Waals surface area (Å²) >= 11 is 18.5. The molecule has 0 radical (unpaired) electrons. The molecule has 0 spiro atoms. The van der Waals surface area contributed by atoms with Gasteiger partial charge < -0.3 is 10.2 Å². The number of nitrogens with zero attached hydrogens (tertiary/aromatic N) is 1. The van der Waals surface area contributed by atoms with Crippen LogP contribution in [0, 0.1) is 0 Å². The average Bonchev–Trinajstić information content (AvgIpc) is 2.52. The summed E-state index contributed by atoms with van der Waals surface area (Å²) in [6.45, 7) is 2.64. The van der Waals surface area contributed by atoms with E-state index in [1.807, 2.05) is 12.1 Å². The monoisotopic (exact) mass is 340 g/mol. The molecule has 1 heterocycles. The van der Waals surface area contributed by atoms with E-state index in [1.165, 1.54) is 5.56 Å². The van der Waals surface area contributed by atoms with Crippen LogP contribution in [0.1, 0.15) is 11.6 Å². The van der Waals surface area contributed by atoms with Crippen LogP contribution in [-0.2, 0) is 0 Å². The number of nitrogens with one attached hydrogen (secondary N) is 1. The molecule has 1 aliphatic rings. The van der Waals surface area contributed by atoms with Gasteiger partial charge in [-0.05, 0) is 17.7 Å². The molecule has 0 aliphatic carbocycles. The Labute approximate surface area is 139 Å². The van der Waals surface area contributed by atoms with E-state index in [0.29, 0.717) is 15.1 Å². The van der Waals surface area contributed by atoms with Gasteiger partial charge in [-0.2, -0.15) is 0 Å². The van der Waals surface area contributed by atoms with E-state index in [0.717, 1.165) is 25.3 Å². The van der Waals surface area contributed by atoms with E-state index in [9.17, 15) is 0 Å². The van der Waals surface area contributed by atoms with E-state index < -0.39 is 0 Å². The molecule has 0 saturated carbocycles.